The van der Waals surface area contributed by atoms with E-state index < -0.39 is 0 Å². The number of fused-ring (bicyclic) bond motifs is 1. The monoisotopic (exact) mass is 283 g/mol. The second-order valence-corrected chi connectivity index (χ2v) is 5.68. The van der Waals surface area contributed by atoms with Crippen molar-refractivity contribution < 1.29 is 4.79 Å². The summed E-state index contributed by atoms with van der Waals surface area (Å²) < 4.78 is 1.83. The molecule has 4 heteroatoms. The number of nitrogens with one attached hydrogen (secondary N) is 1. The third-order valence-corrected chi connectivity index (χ3v) is 4.27. The van der Waals surface area contributed by atoms with Crippen molar-refractivity contribution in [2.75, 3.05) is 5.32 Å². The maximum absolute atomic E-state index is 12.3. The molecule has 1 aromatic heterocycles. The topological polar surface area (TPSA) is 46.9 Å². The number of benzene rings is 1. The Hall–Kier alpha value is -2.10. The first-order valence-electron chi connectivity index (χ1n) is 7.59. The molecule has 0 saturated carbocycles. The first kappa shape index (κ1) is 13.9. The van der Waals surface area contributed by atoms with Crippen molar-refractivity contribution in [3.05, 3.63) is 47.2 Å². The molecule has 0 radical (unpaired) electrons. The van der Waals surface area contributed by atoms with E-state index in [-0.39, 0.29) is 5.91 Å². The minimum atomic E-state index is 0.0787. The van der Waals surface area contributed by atoms with Crippen LogP contribution in [0.25, 0.3) is 0 Å². The fourth-order valence-electron chi connectivity index (χ4n) is 3.15. The number of aryl methyl sites for hydroxylation is 3. The van der Waals surface area contributed by atoms with E-state index in [1.165, 1.54) is 11.1 Å². The van der Waals surface area contributed by atoms with Crippen molar-refractivity contribution in [3.63, 3.8) is 0 Å². The van der Waals surface area contributed by atoms with Gasteiger partial charge in [0, 0.05) is 18.5 Å². The number of hydrogen-bond donors (Lipinski definition) is 1. The summed E-state index contributed by atoms with van der Waals surface area (Å²) in [7, 11) is 0. The van der Waals surface area contributed by atoms with Crippen molar-refractivity contribution >= 4 is 11.7 Å². The number of amides is 1. The summed E-state index contributed by atoms with van der Waals surface area (Å²) in [6.07, 6.45) is 4.49. The van der Waals surface area contributed by atoms with Crippen LogP contribution in [0.3, 0.4) is 0 Å². The normalized spacial score (nSPS) is 16.8. The Morgan fingerprint density at radius 2 is 2.24 bits per heavy atom. The predicted octanol–water partition coefficient (Wildman–Crippen LogP) is 3.27. The molecule has 0 bridgehead atoms. The van der Waals surface area contributed by atoms with Gasteiger partial charge in [0.2, 0.25) is 5.91 Å². The van der Waals surface area contributed by atoms with E-state index in [1.807, 2.05) is 18.5 Å². The highest BCUT2D eigenvalue weighted by atomic mass is 16.1. The summed E-state index contributed by atoms with van der Waals surface area (Å²) in [4.78, 5) is 12.3. The van der Waals surface area contributed by atoms with Crippen molar-refractivity contribution in [1.82, 2.24) is 9.78 Å². The number of anilines is 1. The summed E-state index contributed by atoms with van der Waals surface area (Å²) in [6.45, 7) is 4.75. The first-order chi connectivity index (χ1) is 10.2. The quantitative estimate of drug-likeness (QED) is 0.936. The maximum Gasteiger partial charge on any atom is 0.226 e. The zero-order valence-corrected chi connectivity index (χ0v) is 12.6. The second-order valence-electron chi connectivity index (χ2n) is 5.68. The van der Waals surface area contributed by atoms with Gasteiger partial charge in [-0.2, -0.15) is 5.10 Å². The molecule has 21 heavy (non-hydrogen) atoms. The Bertz CT molecular complexity index is 660. The number of nitrogens with zero attached hydrogens (tertiary/aromatic N) is 2. The molecule has 0 spiro atoms. The minimum Gasteiger partial charge on any atom is -0.311 e. The molecule has 3 rings (SSSR count). The van der Waals surface area contributed by atoms with Gasteiger partial charge in [-0.05, 0) is 43.7 Å². The second kappa shape index (κ2) is 5.72. The Labute approximate surface area is 125 Å². The summed E-state index contributed by atoms with van der Waals surface area (Å²) >= 11 is 0. The van der Waals surface area contributed by atoms with Crippen molar-refractivity contribution in [3.8, 4) is 0 Å². The number of carbonyl (C=O) groups is 1. The fraction of sp³-hybridized carbons (Fsp3) is 0.412. The highest BCUT2D eigenvalue weighted by molar-refractivity contribution is 5.91. The maximum atomic E-state index is 12.3. The van der Waals surface area contributed by atoms with Crippen molar-refractivity contribution in [2.45, 2.75) is 45.6 Å². The Kier molecular flexibility index (Phi) is 3.78. The number of aromatic nitrogens is 2. The zero-order valence-electron chi connectivity index (χ0n) is 12.6. The van der Waals surface area contributed by atoms with Gasteiger partial charge in [-0.3, -0.25) is 4.79 Å². The van der Waals surface area contributed by atoms with Gasteiger partial charge in [0.1, 0.15) is 5.82 Å². The molecule has 1 heterocycles. The van der Waals surface area contributed by atoms with Crippen LogP contribution in [0.2, 0.25) is 0 Å². The van der Waals surface area contributed by atoms with Crippen molar-refractivity contribution in [1.29, 1.82) is 0 Å². The number of rotatable bonds is 4. The Morgan fingerprint density at radius 3 is 3.05 bits per heavy atom. The third-order valence-electron chi connectivity index (χ3n) is 4.27. The van der Waals surface area contributed by atoms with Gasteiger partial charge in [-0.1, -0.05) is 24.3 Å². The third kappa shape index (κ3) is 2.71. The lowest BCUT2D eigenvalue weighted by atomic mass is 9.97. The van der Waals surface area contributed by atoms with E-state index in [9.17, 15) is 4.79 Å². The molecule has 1 aromatic carbocycles. The van der Waals surface area contributed by atoms with Crippen LogP contribution in [0.15, 0.2) is 30.5 Å². The molecular weight excluding hydrogens is 262 g/mol. The van der Waals surface area contributed by atoms with E-state index in [0.717, 1.165) is 30.8 Å². The van der Waals surface area contributed by atoms with Gasteiger partial charge in [0.25, 0.3) is 0 Å². The highest BCUT2D eigenvalue weighted by Crippen LogP contribution is 2.35. The van der Waals surface area contributed by atoms with Gasteiger partial charge in [0.15, 0.2) is 0 Å². The molecule has 0 aliphatic heterocycles. The summed E-state index contributed by atoms with van der Waals surface area (Å²) in [5.41, 5.74) is 3.75. The van der Waals surface area contributed by atoms with Gasteiger partial charge < -0.3 is 5.32 Å². The van der Waals surface area contributed by atoms with Crippen LogP contribution in [-0.4, -0.2) is 15.7 Å². The first-order valence-corrected chi connectivity index (χ1v) is 7.59. The van der Waals surface area contributed by atoms with E-state index >= 15 is 0 Å². The van der Waals surface area contributed by atoms with Gasteiger partial charge in [-0.25, -0.2) is 4.68 Å². The van der Waals surface area contributed by atoms with Gasteiger partial charge >= 0.3 is 0 Å². The van der Waals surface area contributed by atoms with Crippen LogP contribution in [0.4, 0.5) is 5.82 Å². The SMILES string of the molecule is CCn1ncc(C)c1NC(=O)CC1CCc2ccccc21. The van der Waals surface area contributed by atoms with Crippen LogP contribution < -0.4 is 5.32 Å². The lowest BCUT2D eigenvalue weighted by Gasteiger charge is -2.13. The van der Waals surface area contributed by atoms with E-state index in [2.05, 4.69) is 34.7 Å². The molecule has 1 unspecified atom stereocenters. The van der Waals surface area contributed by atoms with Crippen LogP contribution in [-0.2, 0) is 17.8 Å². The molecule has 1 aliphatic carbocycles. The largest absolute Gasteiger partial charge is 0.311 e. The van der Waals surface area contributed by atoms with Crippen LogP contribution in [0, 0.1) is 6.92 Å². The molecule has 0 fully saturated rings. The lowest BCUT2D eigenvalue weighted by Crippen LogP contribution is -2.18. The predicted molar refractivity (Wildman–Crippen MR) is 83.4 cm³/mol. The van der Waals surface area contributed by atoms with E-state index in [0.29, 0.717) is 12.3 Å². The molecular formula is C17H21N3O. The van der Waals surface area contributed by atoms with Gasteiger partial charge in [0.05, 0.1) is 6.20 Å². The van der Waals surface area contributed by atoms with E-state index in [4.69, 9.17) is 0 Å². The fourth-order valence-corrected chi connectivity index (χ4v) is 3.15. The zero-order chi connectivity index (χ0) is 14.8. The van der Waals surface area contributed by atoms with Gasteiger partial charge in [-0.15, -0.1) is 0 Å². The Morgan fingerprint density at radius 1 is 1.43 bits per heavy atom. The molecule has 110 valence electrons. The average Bonchev–Trinajstić information content (AvgIpc) is 3.04. The molecule has 1 amide bonds. The molecule has 2 aromatic rings. The number of carbonyl (C=O) groups excluding carboxylic acids is 1. The lowest BCUT2D eigenvalue weighted by molar-refractivity contribution is -0.116. The molecule has 0 saturated heterocycles. The van der Waals surface area contributed by atoms with E-state index in [1.54, 1.807) is 6.20 Å². The Balaban J connectivity index is 1.69. The molecule has 1 aliphatic rings. The van der Waals surface area contributed by atoms with Crippen LogP contribution >= 0.6 is 0 Å². The minimum absolute atomic E-state index is 0.0787. The standard InChI is InChI=1S/C17H21N3O/c1-3-20-17(12(2)11-18-20)19-16(21)10-14-9-8-13-6-4-5-7-15(13)14/h4-7,11,14H,3,8-10H2,1-2H3,(H,19,21). The molecule has 1 N–H and O–H groups in total. The summed E-state index contributed by atoms with van der Waals surface area (Å²) in [5.74, 6) is 1.25. The summed E-state index contributed by atoms with van der Waals surface area (Å²) in [5, 5.41) is 7.29. The molecule has 1 atom stereocenters. The van der Waals surface area contributed by atoms with Crippen molar-refractivity contribution in [2.24, 2.45) is 0 Å². The molecule has 4 nitrogen and oxygen atoms in total. The number of hydrogen-bond acceptors (Lipinski definition) is 2. The summed E-state index contributed by atoms with van der Waals surface area (Å²) in [6, 6.07) is 8.46. The van der Waals surface area contributed by atoms with Crippen LogP contribution in [0.5, 0.6) is 0 Å². The average molecular weight is 283 g/mol. The smallest absolute Gasteiger partial charge is 0.226 e. The highest BCUT2D eigenvalue weighted by Gasteiger charge is 2.24. The van der Waals surface area contributed by atoms with Crippen LogP contribution in [0.1, 0.15) is 42.4 Å².